The molecular formula is C17H13N5O. The first-order valence-corrected chi connectivity index (χ1v) is 7.12. The van der Waals surface area contributed by atoms with E-state index in [4.69, 9.17) is 4.74 Å². The molecule has 2 heterocycles. The van der Waals surface area contributed by atoms with E-state index in [2.05, 4.69) is 20.3 Å². The Bertz CT molecular complexity index is 979. The molecule has 0 amide bonds. The molecule has 6 nitrogen and oxygen atoms in total. The molecule has 0 bridgehead atoms. The van der Waals surface area contributed by atoms with Gasteiger partial charge in [-0.25, -0.2) is 9.67 Å². The predicted octanol–water partition coefficient (Wildman–Crippen LogP) is 2.89. The lowest BCUT2D eigenvalue weighted by Gasteiger charge is -2.01. The summed E-state index contributed by atoms with van der Waals surface area (Å²) in [6, 6.07) is 15.4. The number of nitrogens with zero attached hydrogens (tertiary/aromatic N) is 5. The van der Waals surface area contributed by atoms with Crippen molar-refractivity contribution < 1.29 is 4.74 Å². The number of hydrogen-bond donors (Lipinski definition) is 0. The zero-order valence-electron chi connectivity index (χ0n) is 12.4. The van der Waals surface area contributed by atoms with Crippen molar-refractivity contribution in [1.29, 1.82) is 0 Å². The van der Waals surface area contributed by atoms with Crippen molar-refractivity contribution in [2.75, 3.05) is 7.11 Å². The van der Waals surface area contributed by atoms with Crippen LogP contribution in [0, 0.1) is 0 Å². The lowest BCUT2D eigenvalue weighted by molar-refractivity contribution is 0.415. The zero-order valence-corrected chi connectivity index (χ0v) is 12.4. The maximum Gasteiger partial charge on any atom is 0.174 e. The molecule has 0 unspecified atom stereocenters. The molecule has 4 aromatic rings. The monoisotopic (exact) mass is 303 g/mol. The Kier molecular flexibility index (Phi) is 3.20. The van der Waals surface area contributed by atoms with E-state index in [1.165, 1.54) is 0 Å². The summed E-state index contributed by atoms with van der Waals surface area (Å²) in [5.74, 6) is 1.41. The molecule has 0 radical (unpaired) electrons. The van der Waals surface area contributed by atoms with Crippen LogP contribution in [-0.2, 0) is 0 Å². The molecule has 4 rings (SSSR count). The average molecular weight is 303 g/mol. The summed E-state index contributed by atoms with van der Waals surface area (Å²) in [6.45, 7) is 0. The number of fused-ring (bicyclic) bond motifs is 1. The lowest BCUT2D eigenvalue weighted by Crippen LogP contribution is -1.99. The summed E-state index contributed by atoms with van der Waals surface area (Å²) in [6.07, 6.45) is 3.51. The quantitative estimate of drug-likeness (QED) is 0.582. The molecule has 0 saturated heterocycles. The van der Waals surface area contributed by atoms with E-state index in [9.17, 15) is 0 Å². The highest BCUT2D eigenvalue weighted by Crippen LogP contribution is 2.22. The highest BCUT2D eigenvalue weighted by molar-refractivity contribution is 5.74. The topological polar surface area (TPSA) is 65.7 Å². The van der Waals surface area contributed by atoms with Crippen molar-refractivity contribution in [2.45, 2.75) is 0 Å². The zero-order chi connectivity index (χ0) is 15.6. The SMILES string of the molecule is COc1cccc(-c2cn(-c3cnc4ccccc4n3)nn2)c1. The van der Waals surface area contributed by atoms with E-state index in [1.807, 2.05) is 54.7 Å². The fourth-order valence-corrected chi connectivity index (χ4v) is 2.35. The number of benzene rings is 2. The molecule has 0 aliphatic carbocycles. The van der Waals surface area contributed by atoms with Crippen molar-refractivity contribution >= 4 is 11.0 Å². The molecular weight excluding hydrogens is 290 g/mol. The van der Waals surface area contributed by atoms with Crippen LogP contribution in [0.25, 0.3) is 28.1 Å². The van der Waals surface area contributed by atoms with Crippen molar-refractivity contribution in [3.8, 4) is 22.8 Å². The maximum absolute atomic E-state index is 5.24. The Balaban J connectivity index is 1.73. The number of rotatable bonds is 3. The molecule has 0 saturated carbocycles. The smallest absolute Gasteiger partial charge is 0.174 e. The van der Waals surface area contributed by atoms with Gasteiger partial charge in [0.25, 0.3) is 0 Å². The first kappa shape index (κ1) is 13.4. The second-order valence-electron chi connectivity index (χ2n) is 5.00. The van der Waals surface area contributed by atoms with E-state index < -0.39 is 0 Å². The summed E-state index contributed by atoms with van der Waals surface area (Å²) >= 11 is 0. The van der Waals surface area contributed by atoms with Gasteiger partial charge < -0.3 is 4.74 Å². The standard InChI is InChI=1S/C17H13N5O/c1-23-13-6-4-5-12(9-13)16-11-22(21-20-16)17-10-18-14-7-2-3-8-15(14)19-17/h2-11H,1H3. The number of para-hydroxylation sites is 2. The second kappa shape index (κ2) is 5.49. The van der Waals surface area contributed by atoms with Gasteiger partial charge in [0.15, 0.2) is 5.82 Å². The minimum atomic E-state index is 0.630. The first-order chi connectivity index (χ1) is 11.3. The molecule has 112 valence electrons. The van der Waals surface area contributed by atoms with E-state index in [0.29, 0.717) is 5.82 Å². The lowest BCUT2D eigenvalue weighted by atomic mass is 10.1. The minimum absolute atomic E-state index is 0.630. The van der Waals surface area contributed by atoms with Crippen LogP contribution in [0.15, 0.2) is 60.9 Å². The maximum atomic E-state index is 5.24. The molecule has 0 aliphatic heterocycles. The Morgan fingerprint density at radius 2 is 1.87 bits per heavy atom. The van der Waals surface area contributed by atoms with Crippen LogP contribution in [0.2, 0.25) is 0 Å². The normalized spacial score (nSPS) is 10.8. The van der Waals surface area contributed by atoms with Crippen LogP contribution in [0.1, 0.15) is 0 Å². The number of hydrogen-bond acceptors (Lipinski definition) is 5. The van der Waals surface area contributed by atoms with Gasteiger partial charge in [-0.1, -0.05) is 29.5 Å². The van der Waals surface area contributed by atoms with Crippen LogP contribution >= 0.6 is 0 Å². The first-order valence-electron chi connectivity index (χ1n) is 7.12. The van der Waals surface area contributed by atoms with E-state index in [0.717, 1.165) is 28.0 Å². The molecule has 0 N–H and O–H groups in total. The van der Waals surface area contributed by atoms with Crippen molar-refractivity contribution in [3.05, 3.63) is 60.9 Å². The third kappa shape index (κ3) is 2.50. The average Bonchev–Trinajstić information content (AvgIpc) is 3.11. The van der Waals surface area contributed by atoms with Crippen LogP contribution in [0.5, 0.6) is 5.75 Å². The Morgan fingerprint density at radius 1 is 1.00 bits per heavy atom. The highest BCUT2D eigenvalue weighted by atomic mass is 16.5. The van der Waals surface area contributed by atoms with Gasteiger partial charge in [-0.2, -0.15) is 0 Å². The fraction of sp³-hybridized carbons (Fsp3) is 0.0588. The van der Waals surface area contributed by atoms with E-state index in [1.54, 1.807) is 18.0 Å². The summed E-state index contributed by atoms with van der Waals surface area (Å²) < 4.78 is 6.86. The minimum Gasteiger partial charge on any atom is -0.497 e. The van der Waals surface area contributed by atoms with E-state index >= 15 is 0 Å². The number of aromatic nitrogens is 5. The highest BCUT2D eigenvalue weighted by Gasteiger charge is 2.08. The Morgan fingerprint density at radius 3 is 2.74 bits per heavy atom. The molecule has 0 atom stereocenters. The Labute approximate surface area is 132 Å². The van der Waals surface area contributed by atoms with Gasteiger partial charge in [0.1, 0.15) is 11.4 Å². The van der Waals surface area contributed by atoms with Gasteiger partial charge in [-0.15, -0.1) is 5.10 Å². The van der Waals surface area contributed by atoms with Gasteiger partial charge >= 0.3 is 0 Å². The summed E-state index contributed by atoms with van der Waals surface area (Å²) in [5.41, 5.74) is 3.36. The second-order valence-corrected chi connectivity index (χ2v) is 5.00. The Hall–Kier alpha value is -3.28. The molecule has 6 heteroatoms. The third-order valence-corrected chi connectivity index (χ3v) is 3.53. The summed E-state index contributed by atoms with van der Waals surface area (Å²) in [7, 11) is 1.64. The molecule has 2 aromatic carbocycles. The molecule has 2 aromatic heterocycles. The van der Waals surface area contributed by atoms with Crippen LogP contribution in [-0.4, -0.2) is 32.1 Å². The van der Waals surface area contributed by atoms with Gasteiger partial charge in [-0.3, -0.25) is 4.98 Å². The number of methoxy groups -OCH3 is 1. The van der Waals surface area contributed by atoms with Crippen molar-refractivity contribution in [2.24, 2.45) is 0 Å². The van der Waals surface area contributed by atoms with Gasteiger partial charge in [0, 0.05) is 5.56 Å². The summed E-state index contributed by atoms with van der Waals surface area (Å²) in [4.78, 5) is 8.96. The largest absolute Gasteiger partial charge is 0.497 e. The van der Waals surface area contributed by atoms with Crippen LogP contribution < -0.4 is 4.74 Å². The van der Waals surface area contributed by atoms with Gasteiger partial charge in [0.2, 0.25) is 0 Å². The van der Waals surface area contributed by atoms with Crippen molar-refractivity contribution in [1.82, 2.24) is 25.0 Å². The van der Waals surface area contributed by atoms with Gasteiger partial charge in [0.05, 0.1) is 30.5 Å². The molecule has 0 fully saturated rings. The fourth-order valence-electron chi connectivity index (χ4n) is 2.35. The van der Waals surface area contributed by atoms with Gasteiger partial charge in [-0.05, 0) is 24.3 Å². The molecule has 23 heavy (non-hydrogen) atoms. The van der Waals surface area contributed by atoms with Crippen molar-refractivity contribution in [3.63, 3.8) is 0 Å². The molecule has 0 aliphatic rings. The van der Waals surface area contributed by atoms with Crippen LogP contribution in [0.4, 0.5) is 0 Å². The van der Waals surface area contributed by atoms with E-state index in [-0.39, 0.29) is 0 Å². The number of ether oxygens (including phenoxy) is 1. The van der Waals surface area contributed by atoms with Crippen LogP contribution in [0.3, 0.4) is 0 Å². The third-order valence-electron chi connectivity index (χ3n) is 3.53. The molecule has 0 spiro atoms. The predicted molar refractivity (Wildman–Crippen MR) is 86.4 cm³/mol. The summed E-state index contributed by atoms with van der Waals surface area (Å²) in [5, 5.41) is 8.36.